The lowest BCUT2D eigenvalue weighted by molar-refractivity contribution is 0.0402. The van der Waals surface area contributed by atoms with Gasteiger partial charge in [-0.2, -0.15) is 0 Å². The molecule has 1 rings (SSSR count). The molecule has 14 heavy (non-hydrogen) atoms. The first-order valence-corrected chi connectivity index (χ1v) is 4.43. The van der Waals surface area contributed by atoms with E-state index in [2.05, 4.69) is 10.7 Å². The van der Waals surface area contributed by atoms with E-state index in [4.69, 9.17) is 4.74 Å². The SMILES string of the molecule is CC(C)(C)OC(=O)NN1CCNC1=O. The summed E-state index contributed by atoms with van der Waals surface area (Å²) in [6.07, 6.45) is -0.616. The fourth-order valence-electron chi connectivity index (χ4n) is 0.989. The Kier molecular flexibility index (Phi) is 2.83. The zero-order valence-corrected chi connectivity index (χ0v) is 8.59. The zero-order chi connectivity index (χ0) is 10.8. The summed E-state index contributed by atoms with van der Waals surface area (Å²) in [6.45, 7) is 6.27. The second-order valence-electron chi connectivity index (χ2n) is 4.00. The van der Waals surface area contributed by atoms with Crippen molar-refractivity contribution in [3.63, 3.8) is 0 Å². The van der Waals surface area contributed by atoms with Crippen LogP contribution in [0.3, 0.4) is 0 Å². The van der Waals surface area contributed by atoms with Crippen LogP contribution >= 0.6 is 0 Å². The van der Waals surface area contributed by atoms with Gasteiger partial charge in [-0.1, -0.05) is 0 Å². The molecule has 0 bridgehead atoms. The number of rotatable bonds is 1. The van der Waals surface area contributed by atoms with Crippen LogP contribution in [0, 0.1) is 0 Å². The minimum Gasteiger partial charge on any atom is -0.443 e. The molecule has 0 unspecified atom stereocenters. The molecular weight excluding hydrogens is 186 g/mol. The number of nitrogens with zero attached hydrogens (tertiary/aromatic N) is 1. The van der Waals surface area contributed by atoms with Crippen molar-refractivity contribution >= 4 is 12.1 Å². The van der Waals surface area contributed by atoms with Crippen molar-refractivity contribution < 1.29 is 14.3 Å². The first kappa shape index (κ1) is 10.6. The Morgan fingerprint density at radius 2 is 2.21 bits per heavy atom. The molecule has 0 atom stereocenters. The Labute approximate surface area is 82.6 Å². The minimum atomic E-state index is -0.616. The predicted molar refractivity (Wildman–Crippen MR) is 49.5 cm³/mol. The molecule has 1 heterocycles. The summed E-state index contributed by atoms with van der Waals surface area (Å²) in [5.74, 6) is 0. The maximum absolute atomic E-state index is 11.2. The Hall–Kier alpha value is -1.46. The van der Waals surface area contributed by atoms with Gasteiger partial charge >= 0.3 is 12.1 Å². The second kappa shape index (κ2) is 3.73. The molecule has 0 aromatic carbocycles. The van der Waals surface area contributed by atoms with Crippen LogP contribution in [0.4, 0.5) is 9.59 Å². The molecule has 1 aliphatic heterocycles. The molecule has 2 N–H and O–H groups in total. The van der Waals surface area contributed by atoms with E-state index in [0.717, 1.165) is 0 Å². The fraction of sp³-hybridized carbons (Fsp3) is 0.750. The number of carbonyl (C=O) groups excluding carboxylic acids is 2. The van der Waals surface area contributed by atoms with Crippen LogP contribution in [-0.2, 0) is 4.74 Å². The van der Waals surface area contributed by atoms with Crippen LogP contribution in [0.5, 0.6) is 0 Å². The van der Waals surface area contributed by atoms with Crippen molar-refractivity contribution in [1.82, 2.24) is 15.8 Å². The van der Waals surface area contributed by atoms with Gasteiger partial charge in [0.2, 0.25) is 0 Å². The number of amides is 3. The lowest BCUT2D eigenvalue weighted by Gasteiger charge is -2.22. The molecule has 6 heteroatoms. The Morgan fingerprint density at radius 3 is 2.64 bits per heavy atom. The van der Waals surface area contributed by atoms with Crippen LogP contribution < -0.4 is 10.7 Å². The number of hydrazine groups is 1. The Morgan fingerprint density at radius 1 is 1.57 bits per heavy atom. The van der Waals surface area contributed by atoms with Gasteiger partial charge in [-0.05, 0) is 20.8 Å². The molecule has 0 spiro atoms. The average Bonchev–Trinajstić information content (AvgIpc) is 2.32. The van der Waals surface area contributed by atoms with Gasteiger partial charge in [-0.25, -0.2) is 20.0 Å². The van der Waals surface area contributed by atoms with Gasteiger partial charge in [0.25, 0.3) is 0 Å². The number of hydrogen-bond acceptors (Lipinski definition) is 3. The molecule has 1 aliphatic rings. The standard InChI is InChI=1S/C8H15N3O3/c1-8(2,3)14-7(13)10-11-5-4-9-6(11)12/h4-5H2,1-3H3,(H,9,12)(H,10,13). The van der Waals surface area contributed by atoms with Gasteiger partial charge in [0.05, 0.1) is 6.54 Å². The monoisotopic (exact) mass is 201 g/mol. The van der Waals surface area contributed by atoms with Crippen molar-refractivity contribution in [2.45, 2.75) is 26.4 Å². The molecule has 0 aromatic rings. The van der Waals surface area contributed by atoms with Gasteiger partial charge in [-0.15, -0.1) is 0 Å². The number of nitrogens with one attached hydrogen (secondary N) is 2. The molecule has 1 saturated heterocycles. The van der Waals surface area contributed by atoms with E-state index in [9.17, 15) is 9.59 Å². The van der Waals surface area contributed by atoms with E-state index in [0.29, 0.717) is 13.1 Å². The Balaban J connectivity index is 2.37. The van der Waals surface area contributed by atoms with Crippen LogP contribution in [0.25, 0.3) is 0 Å². The van der Waals surface area contributed by atoms with Crippen LogP contribution in [0.15, 0.2) is 0 Å². The summed E-state index contributed by atoms with van der Waals surface area (Å²) in [5.41, 5.74) is 1.79. The largest absolute Gasteiger partial charge is 0.443 e. The first-order chi connectivity index (χ1) is 6.38. The summed E-state index contributed by atoms with van der Waals surface area (Å²) < 4.78 is 4.98. The summed E-state index contributed by atoms with van der Waals surface area (Å²) in [6, 6.07) is -0.309. The molecular formula is C8H15N3O3. The van der Waals surface area contributed by atoms with Gasteiger partial charge in [-0.3, -0.25) is 0 Å². The van der Waals surface area contributed by atoms with Crippen molar-refractivity contribution in [3.8, 4) is 0 Å². The highest BCUT2D eigenvalue weighted by Gasteiger charge is 2.24. The lowest BCUT2D eigenvalue weighted by atomic mass is 10.2. The average molecular weight is 201 g/mol. The molecule has 3 amide bonds. The van der Waals surface area contributed by atoms with E-state index >= 15 is 0 Å². The maximum Gasteiger partial charge on any atom is 0.426 e. The van der Waals surface area contributed by atoms with Crippen molar-refractivity contribution in [2.75, 3.05) is 13.1 Å². The van der Waals surface area contributed by atoms with Crippen LogP contribution in [0.2, 0.25) is 0 Å². The van der Waals surface area contributed by atoms with E-state index < -0.39 is 11.7 Å². The number of carbonyl (C=O) groups is 2. The quantitative estimate of drug-likeness (QED) is 0.647. The predicted octanol–water partition coefficient (Wildman–Crippen LogP) is 0.451. The Bertz CT molecular complexity index is 247. The molecule has 6 nitrogen and oxygen atoms in total. The van der Waals surface area contributed by atoms with E-state index in [1.165, 1.54) is 5.01 Å². The highest BCUT2D eigenvalue weighted by atomic mass is 16.6. The molecule has 0 saturated carbocycles. The third kappa shape index (κ3) is 3.12. The molecule has 0 aromatic heterocycles. The first-order valence-electron chi connectivity index (χ1n) is 4.43. The topological polar surface area (TPSA) is 70.7 Å². The molecule has 1 fully saturated rings. The third-order valence-electron chi connectivity index (χ3n) is 1.48. The molecule has 0 aliphatic carbocycles. The highest BCUT2D eigenvalue weighted by Crippen LogP contribution is 2.06. The minimum absolute atomic E-state index is 0.309. The van der Waals surface area contributed by atoms with Crippen molar-refractivity contribution in [2.24, 2.45) is 0 Å². The fourth-order valence-corrected chi connectivity index (χ4v) is 0.989. The molecule has 80 valence electrons. The van der Waals surface area contributed by atoms with Gasteiger partial charge in [0.15, 0.2) is 0 Å². The normalized spacial score (nSPS) is 16.5. The summed E-state index contributed by atoms with van der Waals surface area (Å²) in [4.78, 5) is 22.2. The van der Waals surface area contributed by atoms with E-state index in [-0.39, 0.29) is 6.03 Å². The summed E-state index contributed by atoms with van der Waals surface area (Å²) in [7, 11) is 0. The molecule has 0 radical (unpaired) electrons. The number of hydrogen-bond donors (Lipinski definition) is 2. The van der Waals surface area contributed by atoms with Crippen molar-refractivity contribution in [3.05, 3.63) is 0 Å². The second-order valence-corrected chi connectivity index (χ2v) is 4.00. The van der Waals surface area contributed by atoms with Crippen molar-refractivity contribution in [1.29, 1.82) is 0 Å². The zero-order valence-electron chi connectivity index (χ0n) is 8.59. The lowest BCUT2D eigenvalue weighted by Crippen LogP contribution is -2.46. The van der Waals surface area contributed by atoms with Gasteiger partial charge in [0, 0.05) is 6.54 Å². The van der Waals surface area contributed by atoms with Gasteiger partial charge < -0.3 is 10.1 Å². The summed E-state index contributed by atoms with van der Waals surface area (Å²) >= 11 is 0. The smallest absolute Gasteiger partial charge is 0.426 e. The summed E-state index contributed by atoms with van der Waals surface area (Å²) in [5, 5.41) is 3.74. The van der Waals surface area contributed by atoms with Crippen LogP contribution in [0.1, 0.15) is 20.8 Å². The van der Waals surface area contributed by atoms with E-state index in [1.54, 1.807) is 20.8 Å². The van der Waals surface area contributed by atoms with Crippen LogP contribution in [-0.4, -0.2) is 35.8 Å². The number of ether oxygens (including phenoxy) is 1. The third-order valence-corrected chi connectivity index (χ3v) is 1.48. The van der Waals surface area contributed by atoms with Gasteiger partial charge in [0.1, 0.15) is 5.60 Å². The highest BCUT2D eigenvalue weighted by molar-refractivity contribution is 5.79. The maximum atomic E-state index is 11.2. The van der Waals surface area contributed by atoms with E-state index in [1.807, 2.05) is 0 Å². The number of urea groups is 1.